The average molecular weight is 333 g/mol. The fraction of sp³-hybridized carbons (Fsp3) is 0.235. The van der Waals surface area contributed by atoms with Crippen LogP contribution in [0.2, 0.25) is 0 Å². The lowest BCUT2D eigenvalue weighted by atomic mass is 10.1. The molecule has 2 aromatic carbocycles. The van der Waals surface area contributed by atoms with Gasteiger partial charge in [0.05, 0.1) is 17.6 Å². The lowest BCUT2D eigenvalue weighted by molar-refractivity contribution is 0.0600. The second-order valence-corrected chi connectivity index (χ2v) is 7.25. The van der Waals surface area contributed by atoms with E-state index in [4.69, 9.17) is 0 Å². The molecule has 0 saturated heterocycles. The molecule has 0 radical (unpaired) electrons. The van der Waals surface area contributed by atoms with Gasteiger partial charge >= 0.3 is 5.97 Å². The second kappa shape index (κ2) is 6.93. The first-order valence-corrected chi connectivity index (χ1v) is 8.49. The average Bonchev–Trinajstić information content (AvgIpc) is 2.56. The summed E-state index contributed by atoms with van der Waals surface area (Å²) >= 11 is 0. The van der Waals surface area contributed by atoms with E-state index in [1.54, 1.807) is 0 Å². The molecule has 0 aliphatic carbocycles. The summed E-state index contributed by atoms with van der Waals surface area (Å²) in [5.41, 5.74) is 2.30. The molecule has 23 heavy (non-hydrogen) atoms. The zero-order chi connectivity index (χ0) is 17.0. The maximum Gasteiger partial charge on any atom is 0.337 e. The summed E-state index contributed by atoms with van der Waals surface area (Å²) in [6.07, 6.45) is 0. The molecule has 0 aromatic heterocycles. The smallest absolute Gasteiger partial charge is 0.337 e. The van der Waals surface area contributed by atoms with Crippen LogP contribution in [0.15, 0.2) is 53.4 Å². The molecule has 6 heteroatoms. The molecule has 0 bridgehead atoms. The first-order chi connectivity index (χ1) is 10.9. The van der Waals surface area contributed by atoms with E-state index in [0.29, 0.717) is 5.56 Å². The molecule has 2 rings (SSSR count). The lowest BCUT2D eigenvalue weighted by Crippen LogP contribution is -2.26. The van der Waals surface area contributed by atoms with Gasteiger partial charge in [-0.3, -0.25) is 0 Å². The summed E-state index contributed by atoms with van der Waals surface area (Å²) in [5.74, 6) is -0.498. The van der Waals surface area contributed by atoms with Gasteiger partial charge in [-0.2, -0.15) is 4.31 Å². The number of esters is 1. The Labute approximate surface area is 136 Å². The van der Waals surface area contributed by atoms with E-state index in [-0.39, 0.29) is 11.4 Å². The summed E-state index contributed by atoms with van der Waals surface area (Å²) in [7, 11) is -0.803. The van der Waals surface area contributed by atoms with Crippen molar-refractivity contribution in [3.05, 3.63) is 65.2 Å². The number of ether oxygens (including phenoxy) is 1. The Balaban J connectivity index is 2.23. The van der Waals surface area contributed by atoms with Gasteiger partial charge in [0.25, 0.3) is 0 Å². The molecule has 0 aliphatic rings. The van der Waals surface area contributed by atoms with Crippen LogP contribution in [0.4, 0.5) is 0 Å². The molecule has 0 atom stereocenters. The molecule has 5 nitrogen and oxygen atoms in total. The number of sulfonamides is 1. The Morgan fingerprint density at radius 2 is 1.70 bits per heavy atom. The molecule has 0 fully saturated rings. The van der Waals surface area contributed by atoms with Gasteiger partial charge in [-0.25, -0.2) is 13.2 Å². The molecule has 0 aliphatic heterocycles. The Morgan fingerprint density at radius 3 is 2.26 bits per heavy atom. The van der Waals surface area contributed by atoms with Gasteiger partial charge in [0.1, 0.15) is 0 Å². The third kappa shape index (κ3) is 3.78. The fourth-order valence-electron chi connectivity index (χ4n) is 2.17. The van der Waals surface area contributed by atoms with Crippen LogP contribution in [0.3, 0.4) is 0 Å². The topological polar surface area (TPSA) is 63.7 Å². The number of rotatable bonds is 5. The van der Waals surface area contributed by atoms with Gasteiger partial charge in [-0.15, -0.1) is 0 Å². The molecule has 122 valence electrons. The highest BCUT2D eigenvalue weighted by Crippen LogP contribution is 2.19. The first-order valence-electron chi connectivity index (χ1n) is 7.05. The Bertz CT molecular complexity index is 798. The largest absolute Gasteiger partial charge is 0.465 e. The van der Waals surface area contributed by atoms with Crippen molar-refractivity contribution in [2.24, 2.45) is 0 Å². The quantitative estimate of drug-likeness (QED) is 0.789. The highest BCUT2D eigenvalue weighted by atomic mass is 32.2. The van der Waals surface area contributed by atoms with E-state index in [9.17, 15) is 13.2 Å². The number of aryl methyl sites for hydroxylation is 1. The molecule has 2 aromatic rings. The molecule has 0 saturated carbocycles. The number of hydrogen-bond donors (Lipinski definition) is 0. The third-order valence-corrected chi connectivity index (χ3v) is 5.46. The van der Waals surface area contributed by atoms with E-state index < -0.39 is 16.0 Å². The van der Waals surface area contributed by atoms with Crippen molar-refractivity contribution in [3.63, 3.8) is 0 Å². The van der Waals surface area contributed by atoms with Gasteiger partial charge in [0, 0.05) is 13.6 Å². The van der Waals surface area contributed by atoms with E-state index >= 15 is 0 Å². The van der Waals surface area contributed by atoms with Crippen LogP contribution < -0.4 is 0 Å². The number of carbonyl (C=O) groups is 1. The summed E-state index contributed by atoms with van der Waals surface area (Å²) in [4.78, 5) is 11.5. The van der Waals surface area contributed by atoms with Crippen molar-refractivity contribution in [2.75, 3.05) is 14.2 Å². The summed E-state index contributed by atoms with van der Waals surface area (Å²) < 4.78 is 31.1. The minimum atomic E-state index is -3.62. The van der Waals surface area contributed by atoms with Crippen LogP contribution in [-0.4, -0.2) is 32.8 Å². The van der Waals surface area contributed by atoms with Crippen molar-refractivity contribution in [1.82, 2.24) is 4.31 Å². The van der Waals surface area contributed by atoms with E-state index in [1.165, 1.54) is 42.7 Å². The predicted octanol–water partition coefficient (Wildman–Crippen LogP) is 2.60. The zero-order valence-corrected chi connectivity index (χ0v) is 14.1. The second-order valence-electron chi connectivity index (χ2n) is 5.20. The minimum absolute atomic E-state index is 0.140. The Kier molecular flexibility index (Phi) is 5.18. The highest BCUT2D eigenvalue weighted by molar-refractivity contribution is 7.89. The zero-order valence-electron chi connectivity index (χ0n) is 13.3. The molecular weight excluding hydrogens is 314 g/mol. The molecule has 0 heterocycles. The third-order valence-electron chi connectivity index (χ3n) is 3.64. The normalized spacial score (nSPS) is 11.5. The predicted molar refractivity (Wildman–Crippen MR) is 87.6 cm³/mol. The SMILES string of the molecule is COC(=O)c1ccc(S(=O)(=O)N(C)Cc2ccccc2C)cc1. The Hall–Kier alpha value is -2.18. The number of methoxy groups -OCH3 is 1. The van der Waals surface area contributed by atoms with Crippen LogP contribution in [0.1, 0.15) is 21.5 Å². The van der Waals surface area contributed by atoms with Crippen LogP contribution in [0, 0.1) is 6.92 Å². The van der Waals surface area contributed by atoms with E-state index in [2.05, 4.69) is 4.74 Å². The van der Waals surface area contributed by atoms with Gasteiger partial charge in [0.2, 0.25) is 10.0 Å². The van der Waals surface area contributed by atoms with Crippen LogP contribution in [0.5, 0.6) is 0 Å². The lowest BCUT2D eigenvalue weighted by Gasteiger charge is -2.18. The fourth-order valence-corrected chi connectivity index (χ4v) is 3.32. The van der Waals surface area contributed by atoms with Gasteiger partial charge in [-0.05, 0) is 42.3 Å². The minimum Gasteiger partial charge on any atom is -0.465 e. The maximum atomic E-state index is 12.6. The van der Waals surface area contributed by atoms with Gasteiger partial charge < -0.3 is 4.74 Å². The van der Waals surface area contributed by atoms with Crippen LogP contribution >= 0.6 is 0 Å². The van der Waals surface area contributed by atoms with Crippen molar-refractivity contribution >= 4 is 16.0 Å². The van der Waals surface area contributed by atoms with Crippen molar-refractivity contribution in [2.45, 2.75) is 18.4 Å². The molecule has 0 amide bonds. The highest BCUT2D eigenvalue weighted by Gasteiger charge is 2.21. The van der Waals surface area contributed by atoms with Crippen molar-refractivity contribution < 1.29 is 17.9 Å². The standard InChI is InChI=1S/C17H19NO4S/c1-13-6-4-5-7-15(13)12-18(2)23(20,21)16-10-8-14(9-11-16)17(19)22-3/h4-11H,12H2,1-3H3. The Morgan fingerprint density at radius 1 is 1.09 bits per heavy atom. The molecule has 0 unspecified atom stereocenters. The van der Waals surface area contributed by atoms with E-state index in [0.717, 1.165) is 11.1 Å². The first kappa shape index (κ1) is 17.2. The summed E-state index contributed by atoms with van der Waals surface area (Å²) in [6.45, 7) is 2.23. The number of nitrogens with zero attached hydrogens (tertiary/aromatic N) is 1. The van der Waals surface area contributed by atoms with Crippen molar-refractivity contribution in [1.29, 1.82) is 0 Å². The monoisotopic (exact) mass is 333 g/mol. The van der Waals surface area contributed by atoms with Crippen molar-refractivity contribution in [3.8, 4) is 0 Å². The van der Waals surface area contributed by atoms with Crippen LogP contribution in [0.25, 0.3) is 0 Å². The van der Waals surface area contributed by atoms with Gasteiger partial charge in [0.15, 0.2) is 0 Å². The molecular formula is C17H19NO4S. The number of carbonyl (C=O) groups excluding carboxylic acids is 1. The van der Waals surface area contributed by atoms with Gasteiger partial charge in [-0.1, -0.05) is 24.3 Å². The maximum absolute atomic E-state index is 12.6. The van der Waals surface area contributed by atoms with Crippen LogP contribution in [-0.2, 0) is 21.3 Å². The summed E-state index contributed by atoms with van der Waals surface area (Å²) in [6, 6.07) is 13.4. The molecule has 0 N–H and O–H groups in total. The number of benzene rings is 2. The molecule has 0 spiro atoms. The van der Waals surface area contributed by atoms with E-state index in [1.807, 2.05) is 31.2 Å². The summed E-state index contributed by atoms with van der Waals surface area (Å²) in [5, 5.41) is 0. The number of hydrogen-bond acceptors (Lipinski definition) is 4.